The molecule has 0 aromatic heterocycles. The molecule has 1 aliphatic rings. The van der Waals surface area contributed by atoms with Crippen molar-refractivity contribution in [2.24, 2.45) is 5.92 Å². The molecule has 0 aliphatic heterocycles. The van der Waals surface area contributed by atoms with E-state index < -0.39 is 17.3 Å². The van der Waals surface area contributed by atoms with Crippen LogP contribution in [0.25, 0.3) is 0 Å². The fourth-order valence-corrected chi connectivity index (χ4v) is 1.90. The molecule has 1 saturated carbocycles. The SMILES string of the molecule is CC1(O)CC[C@@H](C(C)(O)C=O)CC1O. The van der Waals surface area contributed by atoms with Crippen molar-refractivity contribution in [3.8, 4) is 0 Å². The zero-order chi connectivity index (χ0) is 11.0. The number of hydrogen-bond acceptors (Lipinski definition) is 4. The van der Waals surface area contributed by atoms with Crippen LogP contribution in [-0.2, 0) is 4.79 Å². The highest BCUT2D eigenvalue weighted by molar-refractivity contribution is 5.61. The van der Waals surface area contributed by atoms with Crippen LogP contribution in [0, 0.1) is 5.92 Å². The highest BCUT2D eigenvalue weighted by Crippen LogP contribution is 2.36. The van der Waals surface area contributed by atoms with Gasteiger partial charge in [-0.2, -0.15) is 0 Å². The first kappa shape index (κ1) is 11.6. The van der Waals surface area contributed by atoms with E-state index in [0.717, 1.165) is 0 Å². The molecule has 1 rings (SSSR count). The van der Waals surface area contributed by atoms with Crippen LogP contribution in [0.3, 0.4) is 0 Å². The zero-order valence-corrected chi connectivity index (χ0v) is 8.60. The van der Waals surface area contributed by atoms with E-state index in [-0.39, 0.29) is 12.3 Å². The van der Waals surface area contributed by atoms with Crippen molar-refractivity contribution in [1.82, 2.24) is 0 Å². The Bertz CT molecular complexity index is 222. The van der Waals surface area contributed by atoms with Crippen LogP contribution in [-0.4, -0.2) is 38.9 Å². The van der Waals surface area contributed by atoms with Gasteiger partial charge in [-0.05, 0) is 39.0 Å². The van der Waals surface area contributed by atoms with Gasteiger partial charge in [0.05, 0.1) is 11.7 Å². The van der Waals surface area contributed by atoms with Gasteiger partial charge in [-0.1, -0.05) is 0 Å². The highest BCUT2D eigenvalue weighted by Gasteiger charge is 2.43. The van der Waals surface area contributed by atoms with Crippen molar-refractivity contribution >= 4 is 6.29 Å². The van der Waals surface area contributed by atoms with E-state index in [1.165, 1.54) is 6.92 Å². The molecule has 0 bridgehead atoms. The lowest BCUT2D eigenvalue weighted by Crippen LogP contribution is -2.50. The lowest BCUT2D eigenvalue weighted by atomic mass is 9.72. The van der Waals surface area contributed by atoms with Gasteiger partial charge in [0.15, 0.2) is 6.29 Å². The summed E-state index contributed by atoms with van der Waals surface area (Å²) in [4.78, 5) is 10.6. The summed E-state index contributed by atoms with van der Waals surface area (Å²) in [6, 6.07) is 0. The number of aldehydes is 1. The van der Waals surface area contributed by atoms with Gasteiger partial charge in [-0.15, -0.1) is 0 Å². The molecule has 0 saturated heterocycles. The normalized spacial score (nSPS) is 42.9. The van der Waals surface area contributed by atoms with Gasteiger partial charge in [-0.25, -0.2) is 0 Å². The lowest BCUT2D eigenvalue weighted by molar-refractivity contribution is -0.145. The summed E-state index contributed by atoms with van der Waals surface area (Å²) in [5.74, 6) is -0.268. The number of aliphatic hydroxyl groups excluding tert-OH is 1. The molecule has 4 atom stereocenters. The smallest absolute Gasteiger partial charge is 0.151 e. The van der Waals surface area contributed by atoms with Gasteiger partial charge in [0.1, 0.15) is 5.60 Å². The van der Waals surface area contributed by atoms with Gasteiger partial charge >= 0.3 is 0 Å². The Balaban J connectivity index is 2.68. The standard InChI is InChI=1S/C10H18O4/c1-9(13)4-3-7(5-8(9)12)10(2,14)6-11/h6-8,12-14H,3-5H2,1-2H3/t7-,8?,9?,10?/m1/s1. The molecule has 0 spiro atoms. The fraction of sp³-hybridized carbons (Fsp3) is 0.900. The molecule has 1 aliphatic carbocycles. The van der Waals surface area contributed by atoms with Gasteiger partial charge in [0, 0.05) is 0 Å². The predicted molar refractivity (Wildman–Crippen MR) is 50.7 cm³/mol. The van der Waals surface area contributed by atoms with Gasteiger partial charge < -0.3 is 20.1 Å². The second-order valence-electron chi connectivity index (χ2n) is 4.69. The second kappa shape index (κ2) is 3.61. The molecule has 3 unspecified atom stereocenters. The molecule has 0 aromatic rings. The number of carbonyl (C=O) groups excluding carboxylic acids is 1. The molecular weight excluding hydrogens is 184 g/mol. The minimum atomic E-state index is -1.39. The third kappa shape index (κ3) is 2.13. The molecule has 1 fully saturated rings. The topological polar surface area (TPSA) is 77.8 Å². The van der Waals surface area contributed by atoms with Crippen molar-refractivity contribution in [3.63, 3.8) is 0 Å². The highest BCUT2D eigenvalue weighted by atomic mass is 16.3. The summed E-state index contributed by atoms with van der Waals surface area (Å²) in [6.45, 7) is 3.01. The summed E-state index contributed by atoms with van der Waals surface area (Å²) >= 11 is 0. The molecule has 82 valence electrons. The van der Waals surface area contributed by atoms with Gasteiger partial charge in [-0.3, -0.25) is 0 Å². The summed E-state index contributed by atoms with van der Waals surface area (Å²) in [5.41, 5.74) is -2.48. The van der Waals surface area contributed by atoms with E-state index in [4.69, 9.17) is 0 Å². The summed E-state index contributed by atoms with van der Waals surface area (Å²) in [5, 5.41) is 28.9. The van der Waals surface area contributed by atoms with Gasteiger partial charge in [0.2, 0.25) is 0 Å². The lowest BCUT2D eigenvalue weighted by Gasteiger charge is -2.41. The van der Waals surface area contributed by atoms with Crippen LogP contribution in [0.5, 0.6) is 0 Å². The van der Waals surface area contributed by atoms with Crippen LogP contribution in [0.1, 0.15) is 33.1 Å². The zero-order valence-electron chi connectivity index (χ0n) is 8.60. The minimum absolute atomic E-state index is 0.263. The molecule has 0 aromatic carbocycles. The van der Waals surface area contributed by atoms with E-state index in [2.05, 4.69) is 0 Å². The maximum atomic E-state index is 10.6. The van der Waals surface area contributed by atoms with Crippen molar-refractivity contribution < 1.29 is 20.1 Å². The van der Waals surface area contributed by atoms with Crippen molar-refractivity contribution in [3.05, 3.63) is 0 Å². The van der Waals surface area contributed by atoms with E-state index in [9.17, 15) is 20.1 Å². The first-order chi connectivity index (χ1) is 6.29. The largest absolute Gasteiger partial charge is 0.390 e. The van der Waals surface area contributed by atoms with Gasteiger partial charge in [0.25, 0.3) is 0 Å². The number of aliphatic hydroxyl groups is 3. The average Bonchev–Trinajstić information content (AvgIpc) is 2.09. The minimum Gasteiger partial charge on any atom is -0.390 e. The Morgan fingerprint density at radius 3 is 2.57 bits per heavy atom. The van der Waals surface area contributed by atoms with Crippen LogP contribution in [0.2, 0.25) is 0 Å². The average molecular weight is 202 g/mol. The molecule has 14 heavy (non-hydrogen) atoms. The van der Waals surface area contributed by atoms with E-state index in [1.54, 1.807) is 6.92 Å². The van der Waals surface area contributed by atoms with E-state index >= 15 is 0 Å². The van der Waals surface area contributed by atoms with Crippen LogP contribution < -0.4 is 0 Å². The molecule has 3 N–H and O–H groups in total. The summed E-state index contributed by atoms with van der Waals surface area (Å²) < 4.78 is 0. The van der Waals surface area contributed by atoms with Crippen LogP contribution >= 0.6 is 0 Å². The Labute approximate surface area is 83.6 Å². The molecule has 4 heteroatoms. The maximum Gasteiger partial charge on any atom is 0.151 e. The fourth-order valence-electron chi connectivity index (χ4n) is 1.90. The second-order valence-corrected chi connectivity index (χ2v) is 4.69. The molecule has 0 heterocycles. The molecule has 4 nitrogen and oxygen atoms in total. The van der Waals surface area contributed by atoms with Crippen molar-refractivity contribution in [2.75, 3.05) is 0 Å². The summed E-state index contributed by atoms with van der Waals surface area (Å²) in [6.07, 6.45) is 0.856. The summed E-state index contributed by atoms with van der Waals surface area (Å²) in [7, 11) is 0. The molecule has 0 radical (unpaired) electrons. The Hall–Kier alpha value is -0.450. The monoisotopic (exact) mass is 202 g/mol. The quantitative estimate of drug-likeness (QED) is 0.544. The number of rotatable bonds is 2. The third-order valence-corrected chi connectivity index (χ3v) is 3.29. The van der Waals surface area contributed by atoms with Crippen molar-refractivity contribution in [2.45, 2.75) is 50.4 Å². The molecule has 0 amide bonds. The van der Waals surface area contributed by atoms with Crippen molar-refractivity contribution in [1.29, 1.82) is 0 Å². The first-order valence-electron chi connectivity index (χ1n) is 4.89. The third-order valence-electron chi connectivity index (χ3n) is 3.29. The molecular formula is C10H18O4. The van der Waals surface area contributed by atoms with E-state index in [1.807, 2.05) is 0 Å². The maximum absolute atomic E-state index is 10.6. The van der Waals surface area contributed by atoms with E-state index in [0.29, 0.717) is 19.1 Å². The first-order valence-corrected chi connectivity index (χ1v) is 4.89. The number of hydrogen-bond donors (Lipinski definition) is 3. The Kier molecular flexibility index (Phi) is 2.99. The Morgan fingerprint density at radius 2 is 2.14 bits per heavy atom. The predicted octanol–water partition coefficient (Wildman–Crippen LogP) is -0.152. The Morgan fingerprint density at radius 1 is 1.57 bits per heavy atom. The van der Waals surface area contributed by atoms with Crippen LogP contribution in [0.15, 0.2) is 0 Å². The van der Waals surface area contributed by atoms with Crippen LogP contribution in [0.4, 0.5) is 0 Å². The number of carbonyl (C=O) groups is 1.